The van der Waals surface area contributed by atoms with Crippen LogP contribution in [0.3, 0.4) is 0 Å². The molecule has 0 aromatic carbocycles. The first-order valence-corrected chi connectivity index (χ1v) is 4.56. The Kier molecular flexibility index (Phi) is 2.96. The number of alkyl halides is 3. The van der Waals surface area contributed by atoms with Gasteiger partial charge in [-0.3, -0.25) is 0 Å². The highest BCUT2D eigenvalue weighted by Gasteiger charge is 2.37. The Bertz CT molecular complexity index is 345. The average Bonchev–Trinajstić information content (AvgIpc) is 2.47. The summed E-state index contributed by atoms with van der Waals surface area (Å²) in [6.45, 7) is 4.45. The zero-order chi connectivity index (χ0) is 10.9. The molecule has 0 saturated heterocycles. The molecule has 1 atom stereocenters. The fraction of sp³-hybridized carbons (Fsp3) is 0.375. The molecule has 0 radical (unpaired) electrons. The summed E-state index contributed by atoms with van der Waals surface area (Å²) in [5, 5.41) is 11.3. The van der Waals surface area contributed by atoms with Crippen molar-refractivity contribution in [2.24, 2.45) is 0 Å². The van der Waals surface area contributed by atoms with Crippen molar-refractivity contribution in [2.45, 2.75) is 19.2 Å². The van der Waals surface area contributed by atoms with Gasteiger partial charge in [0.15, 0.2) is 0 Å². The summed E-state index contributed by atoms with van der Waals surface area (Å²) >= 11 is 1.18. The Morgan fingerprint density at radius 2 is 2.21 bits per heavy atom. The summed E-state index contributed by atoms with van der Waals surface area (Å²) in [7, 11) is 0. The number of aromatic nitrogens is 1. The van der Waals surface area contributed by atoms with Crippen LogP contribution in [0.15, 0.2) is 17.5 Å². The van der Waals surface area contributed by atoms with Gasteiger partial charge in [0.05, 0.1) is 16.3 Å². The third kappa shape index (κ3) is 2.33. The fourth-order valence-corrected chi connectivity index (χ4v) is 1.47. The fourth-order valence-electron chi connectivity index (χ4n) is 0.839. The Morgan fingerprint density at radius 3 is 2.57 bits per heavy atom. The molecule has 0 saturated carbocycles. The predicted octanol–water partition coefficient (Wildman–Crippen LogP) is 2.60. The predicted molar refractivity (Wildman–Crippen MR) is 47.0 cm³/mol. The number of hydrogen-bond acceptors (Lipinski definition) is 3. The van der Waals surface area contributed by atoms with E-state index in [9.17, 15) is 18.3 Å². The minimum absolute atomic E-state index is 0.00479. The zero-order valence-electron chi connectivity index (χ0n) is 7.30. The molecule has 0 fully saturated rings. The summed E-state index contributed by atoms with van der Waals surface area (Å²) in [4.78, 5) is 3.75. The highest BCUT2D eigenvalue weighted by molar-refractivity contribution is 7.09. The van der Waals surface area contributed by atoms with E-state index in [4.69, 9.17) is 0 Å². The molecule has 1 aromatic rings. The average molecular weight is 223 g/mol. The number of halogens is 3. The topological polar surface area (TPSA) is 33.1 Å². The van der Waals surface area contributed by atoms with Crippen molar-refractivity contribution in [3.63, 3.8) is 0 Å². The number of rotatable bonds is 2. The first-order chi connectivity index (χ1) is 6.32. The van der Waals surface area contributed by atoms with Gasteiger partial charge in [0, 0.05) is 5.38 Å². The monoisotopic (exact) mass is 223 g/mol. The number of aliphatic hydroxyl groups excluding tert-OH is 1. The molecular formula is C8H8F3NOS. The second-order valence-corrected chi connectivity index (χ2v) is 3.78. The van der Waals surface area contributed by atoms with Gasteiger partial charge in [0.2, 0.25) is 0 Å². The number of aliphatic hydroxyl groups is 1. The molecule has 1 aromatic heterocycles. The van der Waals surface area contributed by atoms with Crippen LogP contribution in [0.2, 0.25) is 0 Å². The third-order valence-electron chi connectivity index (χ3n) is 1.61. The largest absolute Gasteiger partial charge is 0.414 e. The number of hydrogen-bond donors (Lipinski definition) is 1. The van der Waals surface area contributed by atoms with Gasteiger partial charge in [0.25, 0.3) is 0 Å². The summed E-state index contributed by atoms with van der Waals surface area (Å²) < 4.78 is 36.3. The van der Waals surface area contributed by atoms with Gasteiger partial charge >= 0.3 is 6.18 Å². The number of thiazole rings is 1. The van der Waals surface area contributed by atoms with E-state index in [1.165, 1.54) is 16.7 Å². The first-order valence-electron chi connectivity index (χ1n) is 3.68. The molecule has 0 bridgehead atoms. The molecule has 2 nitrogen and oxygen atoms in total. The molecule has 0 spiro atoms. The van der Waals surface area contributed by atoms with Gasteiger partial charge in [0.1, 0.15) is 6.10 Å². The highest BCUT2D eigenvalue weighted by atomic mass is 32.1. The standard InChI is InChI=1S/C8H8F3NOS/c1-4(8(9,10)11)7(13)6-3-14-5(2)12-6/h3,7,13H,1H2,2H3. The molecule has 1 unspecified atom stereocenters. The van der Waals surface area contributed by atoms with E-state index in [0.717, 1.165) is 0 Å². The van der Waals surface area contributed by atoms with Gasteiger partial charge in [-0.25, -0.2) is 4.98 Å². The number of nitrogens with zero attached hydrogens (tertiary/aromatic N) is 1. The van der Waals surface area contributed by atoms with E-state index in [2.05, 4.69) is 11.6 Å². The summed E-state index contributed by atoms with van der Waals surface area (Å²) in [5.41, 5.74) is -1.20. The maximum Gasteiger partial charge on any atom is 0.414 e. The summed E-state index contributed by atoms with van der Waals surface area (Å²) in [6.07, 6.45) is -6.35. The van der Waals surface area contributed by atoms with E-state index in [1.807, 2.05) is 0 Å². The van der Waals surface area contributed by atoms with Crippen LogP contribution in [0.4, 0.5) is 13.2 Å². The van der Waals surface area contributed by atoms with Crippen molar-refractivity contribution in [1.82, 2.24) is 4.98 Å². The molecule has 78 valence electrons. The molecule has 0 amide bonds. The van der Waals surface area contributed by atoms with Gasteiger partial charge < -0.3 is 5.11 Å². The van der Waals surface area contributed by atoms with Crippen molar-refractivity contribution in [3.8, 4) is 0 Å². The lowest BCUT2D eigenvalue weighted by Crippen LogP contribution is -2.17. The third-order valence-corrected chi connectivity index (χ3v) is 2.40. The number of aryl methyl sites for hydroxylation is 1. The molecule has 1 rings (SSSR count). The van der Waals surface area contributed by atoms with Crippen molar-refractivity contribution < 1.29 is 18.3 Å². The molecule has 1 N–H and O–H groups in total. The van der Waals surface area contributed by atoms with Crippen LogP contribution < -0.4 is 0 Å². The van der Waals surface area contributed by atoms with Crippen LogP contribution in [0.25, 0.3) is 0 Å². The van der Waals surface area contributed by atoms with Crippen LogP contribution in [0, 0.1) is 6.92 Å². The normalized spacial score (nSPS) is 14.1. The van der Waals surface area contributed by atoms with Crippen LogP contribution >= 0.6 is 11.3 Å². The zero-order valence-corrected chi connectivity index (χ0v) is 8.11. The van der Waals surface area contributed by atoms with E-state index in [0.29, 0.717) is 5.01 Å². The van der Waals surface area contributed by atoms with E-state index in [1.54, 1.807) is 6.92 Å². The lowest BCUT2D eigenvalue weighted by molar-refractivity contribution is -0.105. The summed E-state index contributed by atoms with van der Waals surface area (Å²) in [6, 6.07) is 0. The summed E-state index contributed by atoms with van der Waals surface area (Å²) in [5.74, 6) is 0. The van der Waals surface area contributed by atoms with Crippen molar-refractivity contribution >= 4 is 11.3 Å². The van der Waals surface area contributed by atoms with Crippen molar-refractivity contribution in [1.29, 1.82) is 0 Å². The van der Waals surface area contributed by atoms with Crippen molar-refractivity contribution in [3.05, 3.63) is 28.2 Å². The minimum Gasteiger partial charge on any atom is -0.382 e. The molecule has 0 aliphatic heterocycles. The Labute approximate surface area is 82.7 Å². The first kappa shape index (κ1) is 11.2. The SMILES string of the molecule is C=C(C(O)c1csc(C)n1)C(F)(F)F. The Balaban J connectivity index is 2.86. The van der Waals surface area contributed by atoms with Crippen LogP contribution in [0.5, 0.6) is 0 Å². The molecule has 6 heteroatoms. The second-order valence-electron chi connectivity index (χ2n) is 2.72. The second kappa shape index (κ2) is 3.70. The van der Waals surface area contributed by atoms with Crippen LogP contribution in [-0.4, -0.2) is 16.3 Å². The highest BCUT2D eigenvalue weighted by Crippen LogP contribution is 2.34. The maximum absolute atomic E-state index is 12.1. The van der Waals surface area contributed by atoms with Crippen LogP contribution in [-0.2, 0) is 0 Å². The Morgan fingerprint density at radius 1 is 1.64 bits per heavy atom. The van der Waals surface area contributed by atoms with Gasteiger partial charge in [-0.2, -0.15) is 13.2 Å². The molecule has 0 aliphatic carbocycles. The van der Waals surface area contributed by atoms with Gasteiger partial charge in [-0.05, 0) is 6.92 Å². The lowest BCUT2D eigenvalue weighted by Gasteiger charge is -2.14. The lowest BCUT2D eigenvalue weighted by atomic mass is 10.1. The molecule has 1 heterocycles. The maximum atomic E-state index is 12.1. The smallest absolute Gasteiger partial charge is 0.382 e. The van der Waals surface area contributed by atoms with Gasteiger partial charge in [-0.1, -0.05) is 6.58 Å². The quantitative estimate of drug-likeness (QED) is 0.782. The van der Waals surface area contributed by atoms with E-state index in [-0.39, 0.29) is 5.69 Å². The minimum atomic E-state index is -4.59. The molecule has 0 aliphatic rings. The van der Waals surface area contributed by atoms with E-state index < -0.39 is 17.9 Å². The molecular weight excluding hydrogens is 215 g/mol. The van der Waals surface area contributed by atoms with Crippen molar-refractivity contribution in [2.75, 3.05) is 0 Å². The van der Waals surface area contributed by atoms with Crippen LogP contribution in [0.1, 0.15) is 16.8 Å². The van der Waals surface area contributed by atoms with E-state index >= 15 is 0 Å². The van der Waals surface area contributed by atoms with Gasteiger partial charge in [-0.15, -0.1) is 11.3 Å². The Hall–Kier alpha value is -0.880. The molecule has 14 heavy (non-hydrogen) atoms.